The predicted octanol–water partition coefficient (Wildman–Crippen LogP) is 3.94. The maximum Gasteiger partial charge on any atom is 0.000506 e. The summed E-state index contributed by atoms with van der Waals surface area (Å²) in [6.45, 7) is 11.6. The molecule has 0 aliphatic carbocycles. The molecule has 0 fully saturated rings. The van der Waals surface area contributed by atoms with Gasteiger partial charge in [-0.1, -0.05) is 27.7 Å². The van der Waals surface area contributed by atoms with Crippen LogP contribution in [0, 0.1) is 5.41 Å². The van der Waals surface area contributed by atoms with E-state index in [4.69, 9.17) is 0 Å². The van der Waals surface area contributed by atoms with Gasteiger partial charge >= 0.3 is 0 Å². The monoisotopic (exact) mass is 231 g/mol. The summed E-state index contributed by atoms with van der Waals surface area (Å²) in [5, 5.41) is 3.56. The molecule has 0 aromatic carbocycles. The maximum absolute atomic E-state index is 3.56. The normalized spacial score (nSPS) is 15.2. The van der Waals surface area contributed by atoms with Crippen molar-refractivity contribution in [1.82, 2.24) is 5.32 Å². The summed E-state index contributed by atoms with van der Waals surface area (Å²) in [6, 6.07) is 0. The Bertz CT molecular complexity index is 138. The second-order valence-electron chi connectivity index (χ2n) is 4.64. The van der Waals surface area contributed by atoms with Gasteiger partial charge in [-0.25, -0.2) is 0 Å². The lowest BCUT2D eigenvalue weighted by Crippen LogP contribution is -2.32. The minimum atomic E-state index is 0.517. The van der Waals surface area contributed by atoms with E-state index in [9.17, 15) is 0 Å². The summed E-state index contributed by atoms with van der Waals surface area (Å²) in [5.41, 5.74) is 0.517. The van der Waals surface area contributed by atoms with Gasteiger partial charge in [-0.05, 0) is 49.1 Å². The van der Waals surface area contributed by atoms with E-state index in [-0.39, 0.29) is 0 Å². The zero-order valence-electron chi connectivity index (χ0n) is 11.1. The van der Waals surface area contributed by atoms with Crippen LogP contribution in [-0.2, 0) is 0 Å². The van der Waals surface area contributed by atoms with Gasteiger partial charge in [0.25, 0.3) is 0 Å². The third-order valence-electron chi connectivity index (χ3n) is 3.11. The molecule has 1 atom stereocenters. The van der Waals surface area contributed by atoms with Crippen LogP contribution in [0.1, 0.15) is 53.4 Å². The van der Waals surface area contributed by atoms with Crippen LogP contribution in [0.2, 0.25) is 0 Å². The Morgan fingerprint density at radius 3 is 2.47 bits per heavy atom. The molecular formula is C13H29NS. The lowest BCUT2D eigenvalue weighted by molar-refractivity contribution is 0.268. The Balaban J connectivity index is 3.65. The van der Waals surface area contributed by atoms with Crippen molar-refractivity contribution in [2.75, 3.05) is 24.6 Å². The second-order valence-corrected chi connectivity index (χ2v) is 6.04. The molecule has 2 heteroatoms. The quantitative estimate of drug-likeness (QED) is 0.572. The average Bonchev–Trinajstić information content (AvgIpc) is 2.25. The molecule has 0 aromatic heterocycles. The van der Waals surface area contributed by atoms with Gasteiger partial charge in [0.15, 0.2) is 0 Å². The Morgan fingerprint density at radius 1 is 1.20 bits per heavy atom. The largest absolute Gasteiger partial charge is 0.316 e. The van der Waals surface area contributed by atoms with Crippen molar-refractivity contribution >= 4 is 11.8 Å². The smallest absolute Gasteiger partial charge is 0.000506 e. The molecule has 0 heterocycles. The van der Waals surface area contributed by atoms with Gasteiger partial charge in [-0.15, -0.1) is 0 Å². The summed E-state index contributed by atoms with van der Waals surface area (Å²) >= 11 is 2.07. The average molecular weight is 231 g/mol. The van der Waals surface area contributed by atoms with Crippen molar-refractivity contribution in [3.05, 3.63) is 0 Å². The molecule has 0 rings (SSSR count). The van der Waals surface area contributed by atoms with E-state index in [1.54, 1.807) is 0 Å². The van der Waals surface area contributed by atoms with Gasteiger partial charge in [-0.3, -0.25) is 0 Å². The third kappa shape index (κ3) is 8.15. The highest BCUT2D eigenvalue weighted by molar-refractivity contribution is 7.99. The zero-order chi connectivity index (χ0) is 11.6. The van der Waals surface area contributed by atoms with Crippen LogP contribution in [0.25, 0.3) is 0 Å². The molecule has 0 amide bonds. The first-order valence-electron chi connectivity index (χ1n) is 6.47. The molecule has 92 valence electrons. The van der Waals surface area contributed by atoms with Crippen molar-refractivity contribution in [2.45, 2.75) is 53.4 Å². The van der Waals surface area contributed by atoms with Crippen molar-refractivity contribution in [1.29, 1.82) is 0 Å². The number of nitrogens with one attached hydrogen (secondary N) is 1. The van der Waals surface area contributed by atoms with Gasteiger partial charge in [0.05, 0.1) is 0 Å². The van der Waals surface area contributed by atoms with E-state index in [1.165, 1.54) is 50.3 Å². The molecule has 0 aromatic rings. The summed E-state index contributed by atoms with van der Waals surface area (Å²) in [7, 11) is 0. The topological polar surface area (TPSA) is 12.0 Å². The maximum atomic E-state index is 3.56. The number of thioether (sulfide) groups is 1. The second kappa shape index (κ2) is 9.53. The minimum Gasteiger partial charge on any atom is -0.316 e. The molecule has 15 heavy (non-hydrogen) atoms. The molecule has 0 aliphatic heterocycles. The fraction of sp³-hybridized carbons (Fsp3) is 1.00. The van der Waals surface area contributed by atoms with Crippen LogP contribution in [0.3, 0.4) is 0 Å². The van der Waals surface area contributed by atoms with E-state index in [0.717, 1.165) is 0 Å². The van der Waals surface area contributed by atoms with Gasteiger partial charge in [0, 0.05) is 6.54 Å². The van der Waals surface area contributed by atoms with Gasteiger partial charge in [0.2, 0.25) is 0 Å². The summed E-state index contributed by atoms with van der Waals surface area (Å²) in [4.78, 5) is 0. The molecule has 1 N–H and O–H groups in total. The lowest BCUT2D eigenvalue weighted by Gasteiger charge is -2.28. The molecular weight excluding hydrogens is 202 g/mol. The number of rotatable bonds is 10. The third-order valence-corrected chi connectivity index (χ3v) is 4.09. The Morgan fingerprint density at radius 2 is 1.93 bits per heavy atom. The Labute approximate surface area is 101 Å². The Hall–Kier alpha value is 0.310. The van der Waals surface area contributed by atoms with Crippen LogP contribution < -0.4 is 5.32 Å². The van der Waals surface area contributed by atoms with E-state index in [1.807, 2.05) is 0 Å². The molecule has 0 saturated carbocycles. The molecule has 0 spiro atoms. The van der Waals surface area contributed by atoms with Crippen molar-refractivity contribution in [3.8, 4) is 0 Å². The van der Waals surface area contributed by atoms with Crippen LogP contribution in [-0.4, -0.2) is 24.6 Å². The molecule has 0 saturated heterocycles. The van der Waals surface area contributed by atoms with Crippen LogP contribution >= 0.6 is 11.8 Å². The van der Waals surface area contributed by atoms with Gasteiger partial charge in [-0.2, -0.15) is 11.8 Å². The summed E-state index contributed by atoms with van der Waals surface area (Å²) in [6.07, 6.45) is 5.27. The molecule has 0 aliphatic rings. The minimum absolute atomic E-state index is 0.517. The fourth-order valence-electron chi connectivity index (χ4n) is 1.70. The van der Waals surface area contributed by atoms with Crippen LogP contribution in [0.15, 0.2) is 0 Å². The summed E-state index contributed by atoms with van der Waals surface area (Å²) < 4.78 is 0. The van der Waals surface area contributed by atoms with E-state index >= 15 is 0 Å². The van der Waals surface area contributed by atoms with Gasteiger partial charge < -0.3 is 5.32 Å². The first-order valence-corrected chi connectivity index (χ1v) is 7.62. The lowest BCUT2D eigenvalue weighted by atomic mass is 9.83. The van der Waals surface area contributed by atoms with E-state index in [0.29, 0.717) is 5.41 Å². The highest BCUT2D eigenvalue weighted by Crippen LogP contribution is 2.27. The first kappa shape index (κ1) is 15.3. The van der Waals surface area contributed by atoms with Crippen molar-refractivity contribution in [3.63, 3.8) is 0 Å². The highest BCUT2D eigenvalue weighted by atomic mass is 32.2. The summed E-state index contributed by atoms with van der Waals surface area (Å²) in [5.74, 6) is 2.59. The van der Waals surface area contributed by atoms with E-state index in [2.05, 4.69) is 44.8 Å². The predicted molar refractivity (Wildman–Crippen MR) is 73.8 cm³/mol. The van der Waals surface area contributed by atoms with Gasteiger partial charge in [0.1, 0.15) is 0 Å². The molecule has 0 bridgehead atoms. The first-order chi connectivity index (χ1) is 7.18. The van der Waals surface area contributed by atoms with Crippen molar-refractivity contribution in [2.24, 2.45) is 5.41 Å². The van der Waals surface area contributed by atoms with Crippen LogP contribution in [0.4, 0.5) is 0 Å². The molecule has 1 nitrogen and oxygen atoms in total. The standard InChI is InChI=1S/C13H29NS/c1-5-10-14-12-13(4,6-2)9-8-11-15-7-3/h14H,5-12H2,1-4H3. The fourth-order valence-corrected chi connectivity index (χ4v) is 2.34. The number of hydrogen-bond donors (Lipinski definition) is 1. The molecule has 1 unspecified atom stereocenters. The van der Waals surface area contributed by atoms with E-state index < -0.39 is 0 Å². The zero-order valence-corrected chi connectivity index (χ0v) is 11.9. The highest BCUT2D eigenvalue weighted by Gasteiger charge is 2.20. The Kier molecular flexibility index (Phi) is 9.73. The van der Waals surface area contributed by atoms with Crippen LogP contribution in [0.5, 0.6) is 0 Å². The molecule has 0 radical (unpaired) electrons. The number of hydrogen-bond acceptors (Lipinski definition) is 2. The van der Waals surface area contributed by atoms with Crippen molar-refractivity contribution < 1.29 is 0 Å². The SMILES string of the molecule is CCCNCC(C)(CC)CCCSCC.